The second kappa shape index (κ2) is 5.82. The summed E-state index contributed by atoms with van der Waals surface area (Å²) in [5, 5.41) is 13.0. The standard InChI is InChI=1S/C11H12ClN3S2/c1-7-14-15-11(16-7)17-10-5-3-4-9(12)8(10)6-13-2/h3-5,13H,6H2,1-2H3. The Labute approximate surface area is 114 Å². The van der Waals surface area contributed by atoms with Gasteiger partial charge < -0.3 is 5.32 Å². The van der Waals surface area contributed by atoms with E-state index in [4.69, 9.17) is 11.6 Å². The summed E-state index contributed by atoms with van der Waals surface area (Å²) in [6.45, 7) is 2.70. The zero-order valence-electron chi connectivity index (χ0n) is 9.53. The molecule has 0 spiro atoms. The number of halogens is 1. The van der Waals surface area contributed by atoms with Crippen LogP contribution in [0.5, 0.6) is 0 Å². The van der Waals surface area contributed by atoms with Crippen molar-refractivity contribution < 1.29 is 0 Å². The van der Waals surface area contributed by atoms with Gasteiger partial charge in [0.1, 0.15) is 5.01 Å². The predicted octanol–water partition coefficient (Wildman–Crippen LogP) is 3.37. The molecule has 0 saturated carbocycles. The Kier molecular flexibility index (Phi) is 4.39. The van der Waals surface area contributed by atoms with Crippen LogP contribution in [0.25, 0.3) is 0 Å². The number of hydrogen-bond acceptors (Lipinski definition) is 5. The van der Waals surface area contributed by atoms with Crippen molar-refractivity contribution in [2.75, 3.05) is 7.05 Å². The molecule has 0 aliphatic heterocycles. The molecular weight excluding hydrogens is 274 g/mol. The minimum Gasteiger partial charge on any atom is -0.316 e. The van der Waals surface area contributed by atoms with Crippen LogP contribution in [0.4, 0.5) is 0 Å². The van der Waals surface area contributed by atoms with Crippen molar-refractivity contribution in [3.05, 3.63) is 33.8 Å². The van der Waals surface area contributed by atoms with Crippen LogP contribution in [-0.2, 0) is 6.54 Å². The molecule has 0 fully saturated rings. The molecule has 0 amide bonds. The van der Waals surface area contributed by atoms with Crippen LogP contribution >= 0.6 is 34.7 Å². The number of aryl methyl sites for hydroxylation is 1. The van der Waals surface area contributed by atoms with E-state index in [-0.39, 0.29) is 0 Å². The van der Waals surface area contributed by atoms with E-state index in [9.17, 15) is 0 Å². The Morgan fingerprint density at radius 3 is 2.88 bits per heavy atom. The highest BCUT2D eigenvalue weighted by Gasteiger charge is 2.10. The molecule has 90 valence electrons. The molecule has 3 nitrogen and oxygen atoms in total. The molecule has 0 aliphatic carbocycles. The molecule has 6 heteroatoms. The summed E-state index contributed by atoms with van der Waals surface area (Å²) in [6, 6.07) is 5.92. The van der Waals surface area contributed by atoms with Crippen LogP contribution in [0.1, 0.15) is 10.6 Å². The Balaban J connectivity index is 2.28. The second-order valence-corrected chi connectivity index (χ2v) is 6.31. The minimum absolute atomic E-state index is 0.750. The van der Waals surface area contributed by atoms with Gasteiger partial charge in [0.15, 0.2) is 4.34 Å². The molecule has 0 radical (unpaired) electrons. The van der Waals surface area contributed by atoms with E-state index < -0.39 is 0 Å². The van der Waals surface area contributed by atoms with Gasteiger partial charge in [-0.05, 0) is 31.7 Å². The third kappa shape index (κ3) is 3.19. The first-order chi connectivity index (χ1) is 8.20. The van der Waals surface area contributed by atoms with E-state index in [1.165, 1.54) is 0 Å². The van der Waals surface area contributed by atoms with E-state index in [2.05, 4.69) is 21.6 Å². The maximum absolute atomic E-state index is 6.19. The third-order valence-electron chi connectivity index (χ3n) is 2.13. The number of benzene rings is 1. The quantitative estimate of drug-likeness (QED) is 0.935. The van der Waals surface area contributed by atoms with Crippen molar-refractivity contribution in [1.82, 2.24) is 15.5 Å². The summed E-state index contributed by atoms with van der Waals surface area (Å²) in [5.41, 5.74) is 1.11. The van der Waals surface area contributed by atoms with Gasteiger partial charge in [0.25, 0.3) is 0 Å². The average Bonchev–Trinajstić information content (AvgIpc) is 2.69. The topological polar surface area (TPSA) is 37.8 Å². The van der Waals surface area contributed by atoms with E-state index in [0.29, 0.717) is 0 Å². The largest absolute Gasteiger partial charge is 0.316 e. The van der Waals surface area contributed by atoms with Crippen molar-refractivity contribution in [1.29, 1.82) is 0 Å². The highest BCUT2D eigenvalue weighted by atomic mass is 35.5. The lowest BCUT2D eigenvalue weighted by atomic mass is 10.2. The summed E-state index contributed by atoms with van der Waals surface area (Å²) >= 11 is 9.40. The monoisotopic (exact) mass is 285 g/mol. The molecule has 0 unspecified atom stereocenters. The highest BCUT2D eigenvalue weighted by molar-refractivity contribution is 8.01. The van der Waals surface area contributed by atoms with Gasteiger partial charge in [0, 0.05) is 16.5 Å². The lowest BCUT2D eigenvalue weighted by Gasteiger charge is -2.08. The second-order valence-electron chi connectivity index (χ2n) is 3.44. The van der Waals surface area contributed by atoms with Crippen LogP contribution in [-0.4, -0.2) is 17.2 Å². The van der Waals surface area contributed by atoms with E-state index in [1.54, 1.807) is 23.1 Å². The summed E-state index contributed by atoms with van der Waals surface area (Å²) in [4.78, 5) is 1.13. The van der Waals surface area contributed by atoms with Crippen LogP contribution in [0.3, 0.4) is 0 Å². The van der Waals surface area contributed by atoms with Gasteiger partial charge in [-0.3, -0.25) is 0 Å². The Morgan fingerprint density at radius 1 is 1.41 bits per heavy atom. The van der Waals surface area contributed by atoms with Crippen LogP contribution in [0.2, 0.25) is 5.02 Å². The molecule has 2 aromatic rings. The molecule has 17 heavy (non-hydrogen) atoms. The Hall–Kier alpha value is -0.620. The number of nitrogens with zero attached hydrogens (tertiary/aromatic N) is 2. The number of nitrogens with one attached hydrogen (secondary N) is 1. The zero-order chi connectivity index (χ0) is 12.3. The number of rotatable bonds is 4. The summed E-state index contributed by atoms with van der Waals surface area (Å²) in [7, 11) is 1.91. The fraction of sp³-hybridized carbons (Fsp3) is 0.273. The van der Waals surface area contributed by atoms with Gasteiger partial charge in [0.05, 0.1) is 0 Å². The maximum atomic E-state index is 6.19. The third-order valence-corrected chi connectivity index (χ3v) is 4.48. The summed E-state index contributed by atoms with van der Waals surface area (Å²) < 4.78 is 0.946. The van der Waals surface area contributed by atoms with Gasteiger partial charge >= 0.3 is 0 Å². The molecule has 1 aromatic carbocycles. The van der Waals surface area contributed by atoms with Crippen LogP contribution < -0.4 is 5.32 Å². The van der Waals surface area contributed by atoms with Crippen molar-refractivity contribution in [2.24, 2.45) is 0 Å². The van der Waals surface area contributed by atoms with Gasteiger partial charge in [-0.2, -0.15) is 0 Å². The highest BCUT2D eigenvalue weighted by Crippen LogP contribution is 2.34. The first-order valence-electron chi connectivity index (χ1n) is 5.10. The molecule has 0 bridgehead atoms. The van der Waals surface area contributed by atoms with E-state index in [1.807, 2.05) is 26.1 Å². The van der Waals surface area contributed by atoms with Crippen LogP contribution in [0.15, 0.2) is 27.4 Å². The zero-order valence-corrected chi connectivity index (χ0v) is 11.9. The summed E-state index contributed by atoms with van der Waals surface area (Å²) in [6.07, 6.45) is 0. The molecule has 0 saturated heterocycles. The number of aromatic nitrogens is 2. The molecule has 1 heterocycles. The normalized spacial score (nSPS) is 10.8. The first kappa shape index (κ1) is 12.8. The van der Waals surface area contributed by atoms with Gasteiger partial charge in [0.2, 0.25) is 0 Å². The molecule has 1 aromatic heterocycles. The van der Waals surface area contributed by atoms with Gasteiger partial charge in [-0.1, -0.05) is 40.8 Å². The minimum atomic E-state index is 0.750. The Bertz CT molecular complexity index is 513. The fourth-order valence-electron chi connectivity index (χ4n) is 1.40. The van der Waals surface area contributed by atoms with E-state index in [0.717, 1.165) is 31.4 Å². The molecule has 1 N–H and O–H groups in total. The lowest BCUT2D eigenvalue weighted by molar-refractivity contribution is 0.803. The maximum Gasteiger partial charge on any atom is 0.179 e. The summed E-state index contributed by atoms with van der Waals surface area (Å²) in [5.74, 6) is 0. The lowest BCUT2D eigenvalue weighted by Crippen LogP contribution is -2.06. The van der Waals surface area contributed by atoms with Gasteiger partial charge in [-0.15, -0.1) is 10.2 Å². The molecule has 0 atom stereocenters. The SMILES string of the molecule is CNCc1c(Cl)cccc1Sc1nnc(C)s1. The van der Waals surface area contributed by atoms with Crippen molar-refractivity contribution >= 4 is 34.7 Å². The van der Waals surface area contributed by atoms with E-state index >= 15 is 0 Å². The first-order valence-corrected chi connectivity index (χ1v) is 7.11. The molecular formula is C11H12ClN3S2. The van der Waals surface area contributed by atoms with Gasteiger partial charge in [-0.25, -0.2) is 0 Å². The average molecular weight is 286 g/mol. The van der Waals surface area contributed by atoms with Crippen molar-refractivity contribution in [3.63, 3.8) is 0 Å². The Morgan fingerprint density at radius 2 is 2.24 bits per heavy atom. The predicted molar refractivity (Wildman–Crippen MR) is 73.0 cm³/mol. The fourth-order valence-corrected chi connectivity index (χ4v) is 3.63. The molecule has 2 rings (SSSR count). The number of hydrogen-bond donors (Lipinski definition) is 1. The molecule has 0 aliphatic rings. The van der Waals surface area contributed by atoms with Crippen molar-refractivity contribution in [3.8, 4) is 0 Å². The van der Waals surface area contributed by atoms with Crippen LogP contribution in [0, 0.1) is 6.92 Å². The smallest absolute Gasteiger partial charge is 0.179 e. The van der Waals surface area contributed by atoms with Crippen molar-refractivity contribution in [2.45, 2.75) is 22.7 Å².